The highest BCUT2D eigenvalue weighted by Gasteiger charge is 2.49. The molecule has 1 aliphatic rings. The van der Waals surface area contributed by atoms with Crippen LogP contribution in [0, 0.1) is 0 Å². The van der Waals surface area contributed by atoms with E-state index in [1.54, 1.807) is 18.6 Å². The van der Waals surface area contributed by atoms with E-state index in [-0.39, 0.29) is 17.9 Å². The summed E-state index contributed by atoms with van der Waals surface area (Å²) in [5.74, 6) is -0.0957. The van der Waals surface area contributed by atoms with Gasteiger partial charge in [0, 0.05) is 12.4 Å². The van der Waals surface area contributed by atoms with Crippen molar-refractivity contribution in [1.29, 1.82) is 0 Å². The second-order valence-electron chi connectivity index (χ2n) is 5.87. The third-order valence-electron chi connectivity index (χ3n) is 4.24. The molecule has 22 heavy (non-hydrogen) atoms. The molecule has 1 aliphatic carbocycles. The van der Waals surface area contributed by atoms with Crippen molar-refractivity contribution >= 4 is 5.91 Å². The number of amides is 1. The predicted molar refractivity (Wildman–Crippen MR) is 82.0 cm³/mol. The molecule has 2 N–H and O–H groups in total. The van der Waals surface area contributed by atoms with Gasteiger partial charge in [0.2, 0.25) is 0 Å². The van der Waals surface area contributed by atoms with Crippen molar-refractivity contribution in [3.63, 3.8) is 0 Å². The average Bonchev–Trinajstić information content (AvgIpc) is 2.53. The number of hydrogen-bond acceptors (Lipinski definition) is 4. The molecule has 0 saturated heterocycles. The highest BCUT2D eigenvalue weighted by Crippen LogP contribution is 2.44. The van der Waals surface area contributed by atoms with Crippen molar-refractivity contribution in [3.8, 4) is 0 Å². The lowest BCUT2D eigenvalue weighted by molar-refractivity contribution is -0.151. The fourth-order valence-corrected chi connectivity index (χ4v) is 2.84. The quantitative estimate of drug-likeness (QED) is 0.904. The van der Waals surface area contributed by atoms with Crippen molar-refractivity contribution in [1.82, 2.24) is 15.3 Å². The number of rotatable bonds is 4. The lowest BCUT2D eigenvalue weighted by Gasteiger charge is -2.42. The van der Waals surface area contributed by atoms with Crippen molar-refractivity contribution in [2.75, 3.05) is 0 Å². The van der Waals surface area contributed by atoms with Crippen LogP contribution in [0.3, 0.4) is 0 Å². The molecule has 1 aromatic heterocycles. The molecule has 114 valence electrons. The number of carbonyl (C=O) groups is 1. The minimum absolute atomic E-state index is 0.240. The van der Waals surface area contributed by atoms with Gasteiger partial charge in [0.15, 0.2) is 0 Å². The van der Waals surface area contributed by atoms with Gasteiger partial charge in [-0.25, -0.2) is 0 Å². The van der Waals surface area contributed by atoms with E-state index >= 15 is 0 Å². The van der Waals surface area contributed by atoms with Crippen molar-refractivity contribution in [2.24, 2.45) is 0 Å². The molecule has 5 heteroatoms. The van der Waals surface area contributed by atoms with E-state index in [0.29, 0.717) is 18.5 Å². The van der Waals surface area contributed by atoms with Crippen LogP contribution in [0.1, 0.15) is 43.0 Å². The number of carbonyl (C=O) groups excluding carboxylic acids is 1. The van der Waals surface area contributed by atoms with E-state index in [1.807, 2.05) is 37.3 Å². The number of benzene rings is 1. The average molecular weight is 297 g/mol. The summed E-state index contributed by atoms with van der Waals surface area (Å²) in [6.45, 7) is 1.83. The number of aliphatic hydroxyl groups is 1. The Kier molecular flexibility index (Phi) is 3.90. The molecule has 0 spiro atoms. The second kappa shape index (κ2) is 5.85. The van der Waals surface area contributed by atoms with E-state index < -0.39 is 5.60 Å². The highest BCUT2D eigenvalue weighted by molar-refractivity contribution is 5.86. The summed E-state index contributed by atoms with van der Waals surface area (Å²) < 4.78 is 0. The molecule has 5 nitrogen and oxygen atoms in total. The first-order valence-corrected chi connectivity index (χ1v) is 7.43. The van der Waals surface area contributed by atoms with Gasteiger partial charge < -0.3 is 10.4 Å². The molecule has 2 aromatic rings. The molecule has 1 atom stereocenters. The molecule has 1 heterocycles. The van der Waals surface area contributed by atoms with E-state index in [9.17, 15) is 9.90 Å². The van der Waals surface area contributed by atoms with Crippen LogP contribution in [0.25, 0.3) is 0 Å². The van der Waals surface area contributed by atoms with Gasteiger partial charge in [-0.15, -0.1) is 0 Å². The SMILES string of the molecule is C[C@H](NC(=O)C1(O)CC(c2ccccc2)C1)c1cnccn1. The second-order valence-corrected chi connectivity index (χ2v) is 5.87. The summed E-state index contributed by atoms with van der Waals surface area (Å²) in [7, 11) is 0. The van der Waals surface area contributed by atoms with Crippen LogP contribution < -0.4 is 5.32 Å². The van der Waals surface area contributed by atoms with Crippen LogP contribution in [0.15, 0.2) is 48.9 Å². The Balaban J connectivity index is 1.60. The number of nitrogens with one attached hydrogen (secondary N) is 1. The fraction of sp³-hybridized carbons (Fsp3) is 0.353. The summed E-state index contributed by atoms with van der Waals surface area (Å²) in [4.78, 5) is 20.4. The van der Waals surface area contributed by atoms with Gasteiger partial charge in [-0.05, 0) is 31.2 Å². The maximum absolute atomic E-state index is 12.3. The summed E-state index contributed by atoms with van der Waals surface area (Å²) in [5, 5.41) is 13.3. The van der Waals surface area contributed by atoms with Gasteiger partial charge in [-0.2, -0.15) is 0 Å². The first kappa shape index (κ1) is 14.7. The van der Waals surface area contributed by atoms with E-state index in [1.165, 1.54) is 5.56 Å². The van der Waals surface area contributed by atoms with Gasteiger partial charge >= 0.3 is 0 Å². The van der Waals surface area contributed by atoms with Crippen molar-refractivity contribution in [2.45, 2.75) is 37.3 Å². The number of aromatic nitrogens is 2. The zero-order chi connectivity index (χ0) is 15.6. The van der Waals surface area contributed by atoms with Gasteiger partial charge in [-0.1, -0.05) is 30.3 Å². The maximum Gasteiger partial charge on any atom is 0.252 e. The van der Waals surface area contributed by atoms with Crippen LogP contribution in [-0.4, -0.2) is 26.6 Å². The molecule has 0 unspecified atom stereocenters. The lowest BCUT2D eigenvalue weighted by Crippen LogP contribution is -2.55. The molecule has 0 aliphatic heterocycles. The standard InChI is InChI=1S/C17H19N3O2/c1-12(15-11-18-7-8-19-15)20-16(21)17(22)9-14(10-17)13-5-3-2-4-6-13/h2-8,11-12,14,22H,9-10H2,1H3,(H,20,21)/t12-,14?,17?/m0/s1. The fourth-order valence-electron chi connectivity index (χ4n) is 2.84. The van der Waals surface area contributed by atoms with Crippen LogP contribution in [0.5, 0.6) is 0 Å². The van der Waals surface area contributed by atoms with Crippen molar-refractivity contribution < 1.29 is 9.90 Å². The molecular weight excluding hydrogens is 278 g/mol. The molecular formula is C17H19N3O2. The Morgan fingerprint density at radius 1 is 1.32 bits per heavy atom. The number of hydrogen-bond donors (Lipinski definition) is 2. The Labute approximate surface area is 129 Å². The summed E-state index contributed by atoms with van der Waals surface area (Å²) in [6, 6.07) is 9.70. The Morgan fingerprint density at radius 3 is 2.68 bits per heavy atom. The smallest absolute Gasteiger partial charge is 0.252 e. The van der Waals surface area contributed by atoms with Gasteiger partial charge in [0.1, 0.15) is 5.60 Å². The minimum Gasteiger partial charge on any atom is -0.380 e. The van der Waals surface area contributed by atoms with Crippen LogP contribution in [0.2, 0.25) is 0 Å². The van der Waals surface area contributed by atoms with Crippen LogP contribution in [-0.2, 0) is 4.79 Å². The Morgan fingerprint density at radius 2 is 2.05 bits per heavy atom. The van der Waals surface area contributed by atoms with Gasteiger partial charge in [-0.3, -0.25) is 14.8 Å². The normalized spacial score (nSPS) is 25.1. The first-order valence-electron chi connectivity index (χ1n) is 7.43. The molecule has 1 aromatic carbocycles. The van der Waals surface area contributed by atoms with Crippen LogP contribution in [0.4, 0.5) is 0 Å². The Hall–Kier alpha value is -2.27. The highest BCUT2D eigenvalue weighted by atomic mass is 16.3. The number of nitrogens with zero attached hydrogens (tertiary/aromatic N) is 2. The summed E-state index contributed by atoms with van der Waals surface area (Å²) in [5.41, 5.74) is 0.567. The van der Waals surface area contributed by atoms with E-state index in [4.69, 9.17) is 0 Å². The zero-order valence-electron chi connectivity index (χ0n) is 12.4. The predicted octanol–water partition coefficient (Wildman–Crippen LogP) is 1.96. The molecule has 1 amide bonds. The summed E-state index contributed by atoms with van der Waals surface area (Å²) in [6.07, 6.45) is 5.69. The largest absolute Gasteiger partial charge is 0.380 e. The van der Waals surface area contributed by atoms with Gasteiger partial charge in [0.25, 0.3) is 5.91 Å². The monoisotopic (exact) mass is 297 g/mol. The lowest BCUT2D eigenvalue weighted by atomic mass is 9.67. The minimum atomic E-state index is -1.28. The van der Waals surface area contributed by atoms with Crippen LogP contribution >= 0.6 is 0 Å². The zero-order valence-corrected chi connectivity index (χ0v) is 12.4. The third-order valence-corrected chi connectivity index (χ3v) is 4.24. The maximum atomic E-state index is 12.3. The van der Waals surface area contributed by atoms with Gasteiger partial charge in [0.05, 0.1) is 17.9 Å². The van der Waals surface area contributed by atoms with E-state index in [2.05, 4.69) is 15.3 Å². The molecule has 1 saturated carbocycles. The third kappa shape index (κ3) is 2.85. The topological polar surface area (TPSA) is 75.1 Å². The van der Waals surface area contributed by atoms with E-state index in [0.717, 1.165) is 0 Å². The molecule has 0 radical (unpaired) electrons. The summed E-state index contributed by atoms with van der Waals surface area (Å²) >= 11 is 0. The van der Waals surface area contributed by atoms with Crippen molar-refractivity contribution in [3.05, 3.63) is 60.2 Å². The first-order chi connectivity index (χ1) is 10.6. The Bertz CT molecular complexity index is 639. The molecule has 1 fully saturated rings. The molecule has 0 bridgehead atoms. The molecule has 3 rings (SSSR count).